The summed E-state index contributed by atoms with van der Waals surface area (Å²) in [7, 11) is -2.55. The van der Waals surface area contributed by atoms with Gasteiger partial charge in [-0.15, -0.1) is 0 Å². The predicted octanol–water partition coefficient (Wildman–Crippen LogP) is 4.38. The lowest BCUT2D eigenvalue weighted by Gasteiger charge is -2.34. The second-order valence-electron chi connectivity index (χ2n) is 11.1. The van der Waals surface area contributed by atoms with Gasteiger partial charge in [-0.25, -0.2) is 8.42 Å². The van der Waals surface area contributed by atoms with Crippen LogP contribution in [0.15, 0.2) is 72.8 Å². The number of nitro groups is 1. The average Bonchev–Trinajstić information content (AvgIpc) is 3.51. The lowest BCUT2D eigenvalue weighted by atomic mass is 10.0. The van der Waals surface area contributed by atoms with E-state index in [1.807, 2.05) is 30.3 Å². The van der Waals surface area contributed by atoms with Crippen LogP contribution in [0.1, 0.15) is 42.4 Å². The molecular weight excluding hydrogens is 584 g/mol. The van der Waals surface area contributed by atoms with Gasteiger partial charge >= 0.3 is 0 Å². The molecule has 0 aliphatic heterocycles. The molecule has 12 heteroatoms. The number of sulfonamides is 1. The number of non-ortho nitro benzene ring substituents is 1. The van der Waals surface area contributed by atoms with Crippen LogP contribution in [0.25, 0.3) is 0 Å². The fourth-order valence-electron chi connectivity index (χ4n) is 5.46. The molecule has 2 amide bonds. The van der Waals surface area contributed by atoms with Gasteiger partial charge < -0.3 is 15.0 Å². The van der Waals surface area contributed by atoms with E-state index in [1.54, 1.807) is 31.2 Å². The van der Waals surface area contributed by atoms with Crippen molar-refractivity contribution in [3.63, 3.8) is 0 Å². The number of nitrogens with one attached hydrogen (secondary N) is 1. The topological polar surface area (TPSA) is 139 Å². The maximum Gasteiger partial charge on any atom is 0.271 e. The number of amides is 2. The zero-order valence-corrected chi connectivity index (χ0v) is 26.0. The van der Waals surface area contributed by atoms with Crippen LogP contribution >= 0.6 is 0 Å². The van der Waals surface area contributed by atoms with Crippen molar-refractivity contribution in [3.05, 3.63) is 99.6 Å². The third-order valence-electron chi connectivity index (χ3n) is 7.81. The summed E-state index contributed by atoms with van der Waals surface area (Å²) >= 11 is 0. The molecule has 0 radical (unpaired) electrons. The number of nitro benzene ring substituents is 1. The Hall–Kier alpha value is -4.45. The van der Waals surface area contributed by atoms with Gasteiger partial charge in [0.25, 0.3) is 5.69 Å². The van der Waals surface area contributed by atoms with Crippen molar-refractivity contribution in [2.75, 3.05) is 24.2 Å². The summed E-state index contributed by atoms with van der Waals surface area (Å²) < 4.78 is 32.4. The average molecular weight is 623 g/mol. The minimum atomic E-state index is -4.08. The predicted molar refractivity (Wildman–Crippen MR) is 168 cm³/mol. The Bertz CT molecular complexity index is 1590. The minimum Gasteiger partial charge on any atom is -0.497 e. The molecule has 0 saturated heterocycles. The molecule has 1 aliphatic rings. The van der Waals surface area contributed by atoms with Gasteiger partial charge in [-0.2, -0.15) is 0 Å². The van der Waals surface area contributed by atoms with Crippen molar-refractivity contribution in [2.24, 2.45) is 0 Å². The number of nitrogens with zero attached hydrogens (tertiary/aromatic N) is 3. The lowest BCUT2D eigenvalue weighted by Crippen LogP contribution is -2.54. The van der Waals surface area contributed by atoms with Gasteiger partial charge in [0.2, 0.25) is 21.8 Å². The van der Waals surface area contributed by atoms with E-state index in [2.05, 4.69) is 5.32 Å². The molecule has 1 N–H and O–H groups in total. The number of aryl methyl sites for hydroxylation is 1. The van der Waals surface area contributed by atoms with Crippen LogP contribution < -0.4 is 14.4 Å². The van der Waals surface area contributed by atoms with Gasteiger partial charge in [-0.1, -0.05) is 61.4 Å². The van der Waals surface area contributed by atoms with Gasteiger partial charge in [-0.05, 0) is 48.6 Å². The van der Waals surface area contributed by atoms with E-state index in [0.717, 1.165) is 47.9 Å². The zero-order chi connectivity index (χ0) is 31.9. The molecule has 234 valence electrons. The quantitative estimate of drug-likeness (QED) is 0.221. The van der Waals surface area contributed by atoms with Crippen molar-refractivity contribution in [3.8, 4) is 5.75 Å². The van der Waals surface area contributed by atoms with E-state index in [1.165, 1.54) is 24.1 Å². The van der Waals surface area contributed by atoms with Crippen LogP contribution in [-0.2, 0) is 32.6 Å². The van der Waals surface area contributed by atoms with Crippen LogP contribution in [0.3, 0.4) is 0 Å². The molecule has 0 heterocycles. The monoisotopic (exact) mass is 622 g/mol. The molecule has 1 atom stereocenters. The first kappa shape index (κ1) is 32.5. The SMILES string of the molecule is COc1cccc(CN(C(=O)CN(c2cc([N+](=O)[O-])ccc2C)S(C)(=O)=O)[C@@H](Cc2ccccc2)C(=O)NC2CCCC2)c1. The lowest BCUT2D eigenvalue weighted by molar-refractivity contribution is -0.384. The Balaban J connectivity index is 1.77. The van der Waals surface area contributed by atoms with E-state index in [0.29, 0.717) is 16.9 Å². The van der Waals surface area contributed by atoms with Crippen molar-refractivity contribution in [2.45, 2.75) is 57.7 Å². The Kier molecular flexibility index (Phi) is 10.6. The summed E-state index contributed by atoms with van der Waals surface area (Å²) in [4.78, 5) is 40.6. The number of rotatable bonds is 13. The normalized spacial score (nSPS) is 14.1. The molecule has 1 saturated carbocycles. The summed E-state index contributed by atoms with van der Waals surface area (Å²) in [5.41, 5.74) is 1.66. The van der Waals surface area contributed by atoms with Gasteiger partial charge in [0.05, 0.1) is 24.0 Å². The van der Waals surface area contributed by atoms with E-state index in [4.69, 9.17) is 4.74 Å². The Morgan fingerprint density at radius 1 is 1.02 bits per heavy atom. The molecule has 0 bridgehead atoms. The maximum atomic E-state index is 14.3. The summed E-state index contributed by atoms with van der Waals surface area (Å²) in [6.07, 6.45) is 4.85. The highest BCUT2D eigenvalue weighted by molar-refractivity contribution is 7.92. The van der Waals surface area contributed by atoms with Crippen LogP contribution in [0.5, 0.6) is 5.75 Å². The zero-order valence-electron chi connectivity index (χ0n) is 25.1. The fraction of sp³-hybridized carbons (Fsp3) is 0.375. The third kappa shape index (κ3) is 8.34. The fourth-order valence-corrected chi connectivity index (χ4v) is 6.36. The number of ether oxygens (including phenoxy) is 1. The molecule has 0 unspecified atom stereocenters. The highest BCUT2D eigenvalue weighted by atomic mass is 32.2. The third-order valence-corrected chi connectivity index (χ3v) is 8.94. The molecule has 44 heavy (non-hydrogen) atoms. The van der Waals surface area contributed by atoms with Crippen LogP contribution in [0.4, 0.5) is 11.4 Å². The first-order chi connectivity index (χ1) is 21.0. The van der Waals surface area contributed by atoms with Gasteiger partial charge in [0, 0.05) is 31.1 Å². The maximum absolute atomic E-state index is 14.3. The van der Waals surface area contributed by atoms with Crippen molar-refractivity contribution < 1.29 is 27.7 Å². The molecule has 11 nitrogen and oxygen atoms in total. The Labute approximate surface area is 258 Å². The van der Waals surface area contributed by atoms with Gasteiger partial charge in [0.1, 0.15) is 18.3 Å². The number of carbonyl (C=O) groups is 2. The molecule has 3 aromatic carbocycles. The molecule has 4 rings (SSSR count). The smallest absolute Gasteiger partial charge is 0.271 e. The standard InChI is InChI=1S/C32H38N4O7S/c1-23-16-17-27(36(39)40)20-29(23)35(44(3,41)42)22-31(37)34(21-25-12-9-15-28(18-25)43-2)30(19-24-10-5-4-6-11-24)32(38)33-26-13-7-8-14-26/h4-6,9-12,15-18,20,26,30H,7-8,13-14,19,21-22H2,1-3H3,(H,33,38)/t30-/m0/s1. The number of methoxy groups -OCH3 is 1. The summed E-state index contributed by atoms with van der Waals surface area (Å²) in [5, 5.41) is 14.6. The molecular formula is C32H38N4O7S. The number of benzene rings is 3. The highest BCUT2D eigenvalue weighted by Crippen LogP contribution is 2.28. The van der Waals surface area contributed by atoms with Crippen LogP contribution in [0.2, 0.25) is 0 Å². The van der Waals surface area contributed by atoms with E-state index >= 15 is 0 Å². The number of hydrogen-bond donors (Lipinski definition) is 1. The first-order valence-electron chi connectivity index (χ1n) is 14.5. The molecule has 3 aromatic rings. The first-order valence-corrected chi connectivity index (χ1v) is 16.3. The van der Waals surface area contributed by atoms with Crippen LogP contribution in [0, 0.1) is 17.0 Å². The molecule has 1 aliphatic carbocycles. The van der Waals surface area contributed by atoms with Crippen molar-refractivity contribution >= 4 is 33.2 Å². The van der Waals surface area contributed by atoms with E-state index in [-0.39, 0.29) is 36.3 Å². The van der Waals surface area contributed by atoms with Crippen molar-refractivity contribution in [1.29, 1.82) is 0 Å². The summed E-state index contributed by atoms with van der Waals surface area (Å²) in [6, 6.07) is 19.3. The molecule has 0 aromatic heterocycles. The molecule has 0 spiro atoms. The highest BCUT2D eigenvalue weighted by Gasteiger charge is 2.35. The van der Waals surface area contributed by atoms with Crippen molar-refractivity contribution in [1.82, 2.24) is 10.2 Å². The number of hydrogen-bond acceptors (Lipinski definition) is 7. The van der Waals surface area contributed by atoms with Gasteiger partial charge in [-0.3, -0.25) is 24.0 Å². The minimum absolute atomic E-state index is 0.00284. The second kappa shape index (κ2) is 14.3. The van der Waals surface area contributed by atoms with Crippen LogP contribution in [-0.4, -0.2) is 62.0 Å². The Morgan fingerprint density at radius 3 is 2.34 bits per heavy atom. The van der Waals surface area contributed by atoms with E-state index < -0.39 is 33.4 Å². The summed E-state index contributed by atoms with van der Waals surface area (Å²) in [6.45, 7) is 0.951. The largest absolute Gasteiger partial charge is 0.497 e. The van der Waals surface area contributed by atoms with Gasteiger partial charge in [0.15, 0.2) is 0 Å². The second-order valence-corrected chi connectivity index (χ2v) is 13.0. The number of carbonyl (C=O) groups excluding carboxylic acids is 2. The summed E-state index contributed by atoms with van der Waals surface area (Å²) in [5.74, 6) is -0.393. The molecule has 1 fully saturated rings. The number of anilines is 1. The Morgan fingerprint density at radius 2 is 1.70 bits per heavy atom. The van der Waals surface area contributed by atoms with E-state index in [9.17, 15) is 28.1 Å².